The van der Waals surface area contributed by atoms with Crippen LogP contribution in [0.3, 0.4) is 0 Å². The lowest BCUT2D eigenvalue weighted by atomic mass is 9.87. The highest BCUT2D eigenvalue weighted by Gasteiger charge is 2.25. The Morgan fingerprint density at radius 2 is 1.77 bits per heavy atom. The monoisotopic (exact) mass is 303 g/mol. The topological polar surface area (TPSA) is 46.6 Å². The Morgan fingerprint density at radius 3 is 2.41 bits per heavy atom. The van der Waals surface area contributed by atoms with E-state index in [0.717, 1.165) is 37.2 Å². The predicted molar refractivity (Wildman–Crippen MR) is 85.3 cm³/mol. The van der Waals surface area contributed by atoms with Gasteiger partial charge in [0.2, 0.25) is 0 Å². The maximum absolute atomic E-state index is 12.1. The van der Waals surface area contributed by atoms with Crippen molar-refractivity contribution in [1.29, 1.82) is 0 Å². The molecule has 0 N–H and O–H groups in total. The maximum atomic E-state index is 12.1. The van der Waals surface area contributed by atoms with Gasteiger partial charge in [0.25, 0.3) is 5.91 Å². The van der Waals surface area contributed by atoms with Crippen LogP contribution in [0.25, 0.3) is 0 Å². The molecule has 1 saturated carbocycles. The Kier molecular flexibility index (Phi) is 5.99. The smallest absolute Gasteiger partial charge is 0.310 e. The Morgan fingerprint density at radius 1 is 1.14 bits per heavy atom. The second-order valence-electron chi connectivity index (χ2n) is 6.24. The van der Waals surface area contributed by atoms with Gasteiger partial charge in [0.1, 0.15) is 0 Å². The van der Waals surface area contributed by atoms with Crippen LogP contribution in [0.1, 0.15) is 38.2 Å². The Hall–Kier alpha value is -1.84. The summed E-state index contributed by atoms with van der Waals surface area (Å²) in [7, 11) is 1.81. The standard InChI is InChI=1S/C18H25NO3/c1-14-8-10-16(11-9-14)19(2)17(20)13-22-18(21)12-15-6-4-3-5-7-15/h3-7,14,16H,8-13H2,1-2H3. The number of hydrogen-bond donors (Lipinski definition) is 0. The van der Waals surface area contributed by atoms with E-state index in [0.29, 0.717) is 0 Å². The minimum Gasteiger partial charge on any atom is -0.455 e. The van der Waals surface area contributed by atoms with E-state index in [1.165, 1.54) is 0 Å². The molecule has 1 aromatic rings. The maximum Gasteiger partial charge on any atom is 0.310 e. The van der Waals surface area contributed by atoms with Gasteiger partial charge in [-0.1, -0.05) is 37.3 Å². The van der Waals surface area contributed by atoms with Crippen molar-refractivity contribution < 1.29 is 14.3 Å². The molecule has 0 aromatic heterocycles. The normalized spacial score (nSPS) is 21.2. The largest absolute Gasteiger partial charge is 0.455 e. The zero-order valence-electron chi connectivity index (χ0n) is 13.5. The molecular formula is C18H25NO3. The Bertz CT molecular complexity index is 492. The van der Waals surface area contributed by atoms with Crippen molar-refractivity contribution >= 4 is 11.9 Å². The van der Waals surface area contributed by atoms with Crippen LogP contribution in [0.5, 0.6) is 0 Å². The SMILES string of the molecule is CC1CCC(N(C)C(=O)COC(=O)Cc2ccccc2)CC1. The first-order valence-electron chi connectivity index (χ1n) is 8.01. The molecule has 4 nitrogen and oxygen atoms in total. The number of nitrogens with zero attached hydrogens (tertiary/aromatic N) is 1. The van der Waals surface area contributed by atoms with E-state index in [-0.39, 0.29) is 30.9 Å². The van der Waals surface area contributed by atoms with Gasteiger partial charge in [-0.15, -0.1) is 0 Å². The lowest BCUT2D eigenvalue weighted by Crippen LogP contribution is -2.41. The summed E-state index contributed by atoms with van der Waals surface area (Å²) in [6.45, 7) is 2.09. The molecule has 4 heteroatoms. The Labute approximate surface area is 132 Å². The molecule has 1 fully saturated rings. The van der Waals surface area contributed by atoms with Crippen LogP contribution < -0.4 is 0 Å². The highest BCUT2D eigenvalue weighted by Crippen LogP contribution is 2.26. The number of carbonyl (C=O) groups is 2. The fourth-order valence-electron chi connectivity index (χ4n) is 2.89. The minimum atomic E-state index is -0.356. The first kappa shape index (κ1) is 16.5. The van der Waals surface area contributed by atoms with Crippen LogP contribution in [0.4, 0.5) is 0 Å². The lowest BCUT2D eigenvalue weighted by Gasteiger charge is -2.33. The van der Waals surface area contributed by atoms with E-state index in [1.54, 1.807) is 4.90 Å². The molecule has 2 rings (SSSR count). The summed E-state index contributed by atoms with van der Waals surface area (Å²) in [5, 5.41) is 0. The molecule has 0 unspecified atom stereocenters. The number of rotatable bonds is 5. The van der Waals surface area contributed by atoms with Crippen molar-refractivity contribution in [2.24, 2.45) is 5.92 Å². The highest BCUT2D eigenvalue weighted by atomic mass is 16.5. The van der Waals surface area contributed by atoms with Crippen LogP contribution in [-0.4, -0.2) is 36.5 Å². The predicted octanol–water partition coefficient (Wildman–Crippen LogP) is 2.81. The first-order chi connectivity index (χ1) is 10.6. The summed E-state index contributed by atoms with van der Waals surface area (Å²) >= 11 is 0. The third-order valence-corrected chi connectivity index (χ3v) is 4.47. The van der Waals surface area contributed by atoms with E-state index >= 15 is 0 Å². The zero-order valence-corrected chi connectivity index (χ0v) is 13.5. The average molecular weight is 303 g/mol. The van der Waals surface area contributed by atoms with Crippen molar-refractivity contribution in [3.63, 3.8) is 0 Å². The van der Waals surface area contributed by atoms with Crippen molar-refractivity contribution in [3.8, 4) is 0 Å². The molecule has 120 valence electrons. The number of ether oxygens (including phenoxy) is 1. The van der Waals surface area contributed by atoms with Crippen molar-refractivity contribution in [1.82, 2.24) is 4.90 Å². The summed E-state index contributed by atoms with van der Waals surface area (Å²) in [6.07, 6.45) is 4.62. The van der Waals surface area contributed by atoms with E-state index < -0.39 is 0 Å². The van der Waals surface area contributed by atoms with Crippen molar-refractivity contribution in [2.75, 3.05) is 13.7 Å². The van der Waals surface area contributed by atoms with Gasteiger partial charge in [-0.25, -0.2) is 0 Å². The molecule has 0 atom stereocenters. The van der Waals surface area contributed by atoms with E-state index in [1.807, 2.05) is 37.4 Å². The summed E-state index contributed by atoms with van der Waals surface area (Å²) in [4.78, 5) is 25.6. The third-order valence-electron chi connectivity index (χ3n) is 4.47. The van der Waals surface area contributed by atoms with Gasteiger partial charge >= 0.3 is 5.97 Å². The molecule has 0 saturated heterocycles. The summed E-state index contributed by atoms with van der Waals surface area (Å²) in [5.74, 6) is 0.287. The van der Waals surface area contributed by atoms with Crippen LogP contribution >= 0.6 is 0 Å². The number of hydrogen-bond acceptors (Lipinski definition) is 3. The van der Waals surface area contributed by atoms with Gasteiger partial charge in [-0.2, -0.15) is 0 Å². The molecule has 0 aliphatic heterocycles. The first-order valence-corrected chi connectivity index (χ1v) is 8.01. The minimum absolute atomic E-state index is 0.110. The van der Waals surface area contributed by atoms with Gasteiger partial charge in [0.15, 0.2) is 6.61 Å². The van der Waals surface area contributed by atoms with Crippen LogP contribution in [0.15, 0.2) is 30.3 Å². The molecule has 0 heterocycles. The second-order valence-corrected chi connectivity index (χ2v) is 6.24. The van der Waals surface area contributed by atoms with Crippen LogP contribution in [0, 0.1) is 5.92 Å². The van der Waals surface area contributed by atoms with Gasteiger partial charge < -0.3 is 9.64 Å². The average Bonchev–Trinajstić information content (AvgIpc) is 2.53. The molecule has 0 bridgehead atoms. The number of benzene rings is 1. The molecule has 1 aromatic carbocycles. The Balaban J connectivity index is 1.73. The highest BCUT2D eigenvalue weighted by molar-refractivity contribution is 5.81. The fraction of sp³-hybridized carbons (Fsp3) is 0.556. The molecule has 1 aliphatic carbocycles. The molecule has 22 heavy (non-hydrogen) atoms. The number of amides is 1. The number of carbonyl (C=O) groups excluding carboxylic acids is 2. The van der Waals surface area contributed by atoms with Crippen LogP contribution in [-0.2, 0) is 20.7 Å². The van der Waals surface area contributed by atoms with Crippen molar-refractivity contribution in [2.45, 2.75) is 45.1 Å². The zero-order chi connectivity index (χ0) is 15.9. The van der Waals surface area contributed by atoms with Gasteiger partial charge in [0.05, 0.1) is 6.42 Å². The molecular weight excluding hydrogens is 278 g/mol. The van der Waals surface area contributed by atoms with Crippen molar-refractivity contribution in [3.05, 3.63) is 35.9 Å². The van der Waals surface area contributed by atoms with Gasteiger partial charge in [-0.05, 0) is 37.2 Å². The van der Waals surface area contributed by atoms with Gasteiger partial charge in [-0.3, -0.25) is 9.59 Å². The lowest BCUT2D eigenvalue weighted by molar-refractivity contribution is -0.152. The van der Waals surface area contributed by atoms with E-state index in [4.69, 9.17) is 4.74 Å². The summed E-state index contributed by atoms with van der Waals surface area (Å²) < 4.78 is 5.11. The number of esters is 1. The third kappa shape index (κ3) is 4.86. The molecule has 1 aliphatic rings. The summed E-state index contributed by atoms with van der Waals surface area (Å²) in [6, 6.07) is 9.70. The van der Waals surface area contributed by atoms with E-state index in [2.05, 4.69) is 6.92 Å². The van der Waals surface area contributed by atoms with E-state index in [9.17, 15) is 9.59 Å². The molecule has 0 radical (unpaired) electrons. The van der Waals surface area contributed by atoms with Crippen LogP contribution in [0.2, 0.25) is 0 Å². The quantitative estimate of drug-likeness (QED) is 0.786. The number of likely N-dealkylation sites (N-methyl/N-ethyl adjacent to an activating group) is 1. The summed E-state index contributed by atoms with van der Waals surface area (Å²) in [5.41, 5.74) is 0.898. The fourth-order valence-corrected chi connectivity index (χ4v) is 2.89. The van der Waals surface area contributed by atoms with Gasteiger partial charge in [0, 0.05) is 13.1 Å². The molecule has 1 amide bonds. The second kappa shape index (κ2) is 7.97. The molecule has 0 spiro atoms.